The Bertz CT molecular complexity index is 2760. The van der Waals surface area contributed by atoms with Crippen molar-refractivity contribution in [2.24, 2.45) is 0 Å². The molecule has 8 aromatic rings. The van der Waals surface area contributed by atoms with Gasteiger partial charge in [-0.3, -0.25) is 0 Å². The van der Waals surface area contributed by atoms with E-state index in [0.29, 0.717) is 0 Å². The molecular weight excluding hydrogens is 655 g/mol. The van der Waals surface area contributed by atoms with Crippen LogP contribution in [0.2, 0.25) is 0 Å². The number of hydrogen-bond acceptors (Lipinski definition) is 2. The summed E-state index contributed by atoms with van der Waals surface area (Å²) in [5, 5.41) is 2.19. The number of fused-ring (bicyclic) bond motifs is 11. The monoisotopic (exact) mass is 693 g/mol. The van der Waals surface area contributed by atoms with Crippen molar-refractivity contribution in [3.63, 3.8) is 0 Å². The molecule has 6 aromatic carbocycles. The van der Waals surface area contributed by atoms with Crippen LogP contribution in [0.15, 0.2) is 192 Å². The number of aromatic nitrogens is 1. The second-order valence-corrected chi connectivity index (χ2v) is 15.1. The fourth-order valence-electron chi connectivity index (χ4n) is 9.44. The summed E-state index contributed by atoms with van der Waals surface area (Å²) in [4.78, 5) is 5.35. The third-order valence-corrected chi connectivity index (χ3v) is 12.1. The maximum atomic E-state index is 7.14. The summed E-state index contributed by atoms with van der Waals surface area (Å²) in [6, 6.07) is 54.5. The van der Waals surface area contributed by atoms with Gasteiger partial charge in [0.1, 0.15) is 11.2 Å². The second kappa shape index (κ2) is 12.0. The molecule has 1 spiro atoms. The highest BCUT2D eigenvalue weighted by Crippen LogP contribution is 2.63. The van der Waals surface area contributed by atoms with E-state index >= 15 is 0 Å². The number of pyridine rings is 1. The zero-order valence-electron chi connectivity index (χ0n) is 30.7. The molecule has 0 atom stereocenters. The van der Waals surface area contributed by atoms with Crippen molar-refractivity contribution in [3.05, 3.63) is 210 Å². The van der Waals surface area contributed by atoms with Crippen LogP contribution in [0, 0.1) is 0 Å². The lowest BCUT2D eigenvalue weighted by Gasteiger charge is -2.46. The Kier molecular flexibility index (Phi) is 7.16. The average Bonchev–Trinajstić information content (AvgIpc) is 3.75. The van der Waals surface area contributed by atoms with Crippen molar-refractivity contribution >= 4 is 21.9 Å². The Morgan fingerprint density at radius 2 is 1.20 bits per heavy atom. The summed E-state index contributed by atoms with van der Waals surface area (Å²) in [6.07, 6.45) is 6.28. The Morgan fingerprint density at radius 3 is 1.89 bits per heavy atom. The number of benzene rings is 6. The topological polar surface area (TPSA) is 26.0 Å². The van der Waals surface area contributed by atoms with E-state index in [-0.39, 0.29) is 5.41 Å². The van der Waals surface area contributed by atoms with Crippen molar-refractivity contribution in [3.8, 4) is 44.8 Å². The van der Waals surface area contributed by atoms with Crippen molar-refractivity contribution in [1.82, 2.24) is 4.98 Å². The van der Waals surface area contributed by atoms with E-state index in [4.69, 9.17) is 9.40 Å². The van der Waals surface area contributed by atoms with Crippen LogP contribution in [0.25, 0.3) is 66.7 Å². The third-order valence-electron chi connectivity index (χ3n) is 12.1. The quantitative estimate of drug-likeness (QED) is 0.168. The maximum Gasteiger partial charge on any atom is 0.139 e. The smallest absolute Gasteiger partial charge is 0.139 e. The van der Waals surface area contributed by atoms with E-state index in [0.717, 1.165) is 55.6 Å². The summed E-state index contributed by atoms with van der Waals surface area (Å²) >= 11 is 0. The van der Waals surface area contributed by atoms with Gasteiger partial charge < -0.3 is 4.42 Å². The lowest BCUT2D eigenvalue weighted by atomic mass is 9.55. The van der Waals surface area contributed by atoms with Crippen LogP contribution in [0.1, 0.15) is 43.0 Å². The van der Waals surface area contributed by atoms with E-state index in [9.17, 15) is 0 Å². The minimum absolute atomic E-state index is 0.340. The van der Waals surface area contributed by atoms with Gasteiger partial charge in [-0.15, -0.1) is 0 Å². The van der Waals surface area contributed by atoms with Gasteiger partial charge in [0.2, 0.25) is 0 Å². The fourth-order valence-corrected chi connectivity index (χ4v) is 9.44. The molecular formula is C52H39NO. The maximum absolute atomic E-state index is 7.14. The molecule has 0 bridgehead atoms. The molecule has 2 heterocycles. The summed E-state index contributed by atoms with van der Waals surface area (Å²) in [5.41, 5.74) is 17.5. The van der Waals surface area contributed by atoms with Gasteiger partial charge in [0.05, 0.1) is 16.8 Å². The van der Waals surface area contributed by atoms with Crippen LogP contribution in [0.5, 0.6) is 0 Å². The molecule has 2 heteroatoms. The van der Waals surface area contributed by atoms with E-state index in [1.165, 1.54) is 44.5 Å². The number of allylic oxidation sites excluding steroid dienone is 5. The van der Waals surface area contributed by atoms with Gasteiger partial charge in [-0.2, -0.15) is 0 Å². The van der Waals surface area contributed by atoms with Crippen molar-refractivity contribution in [2.45, 2.75) is 31.6 Å². The molecule has 0 N–H and O–H groups in total. The van der Waals surface area contributed by atoms with Gasteiger partial charge >= 0.3 is 0 Å². The normalized spacial score (nSPS) is 15.2. The first kappa shape index (κ1) is 32.2. The van der Waals surface area contributed by atoms with Gasteiger partial charge in [-0.05, 0) is 69.6 Å². The van der Waals surface area contributed by atoms with Gasteiger partial charge in [0, 0.05) is 32.9 Å². The van der Waals surface area contributed by atoms with Crippen molar-refractivity contribution in [2.75, 3.05) is 0 Å². The van der Waals surface area contributed by atoms with E-state index in [2.05, 4.69) is 191 Å². The number of nitrogens with zero attached hydrogens (tertiary/aromatic N) is 1. The largest absolute Gasteiger partial charge is 0.456 e. The molecule has 54 heavy (non-hydrogen) atoms. The first-order valence-electron chi connectivity index (χ1n) is 18.8. The average molecular weight is 694 g/mol. The summed E-state index contributed by atoms with van der Waals surface area (Å²) < 4.78 is 7.14. The van der Waals surface area contributed by atoms with E-state index < -0.39 is 5.41 Å². The number of furan rings is 1. The Morgan fingerprint density at radius 1 is 0.593 bits per heavy atom. The molecule has 10 rings (SSSR count). The van der Waals surface area contributed by atoms with Crippen LogP contribution in [-0.4, -0.2) is 4.98 Å². The molecule has 2 nitrogen and oxygen atoms in total. The second-order valence-electron chi connectivity index (χ2n) is 15.1. The van der Waals surface area contributed by atoms with Gasteiger partial charge in [-0.25, -0.2) is 4.98 Å². The zero-order valence-corrected chi connectivity index (χ0v) is 30.7. The highest BCUT2D eigenvalue weighted by atomic mass is 16.3. The molecule has 0 unspecified atom stereocenters. The molecule has 0 aliphatic heterocycles. The highest BCUT2D eigenvalue weighted by Gasteiger charge is 2.54. The minimum Gasteiger partial charge on any atom is -0.456 e. The SMILES string of the molecule is C=C/C=C\C1=C(C)C(C)(C)c2c(ccc3c2oc2cccc(-c4cc(-c5ccccc5)cc(-c5ccccc5)n4)c23)C12c1ccccc1-c1ccccc12. The van der Waals surface area contributed by atoms with Crippen molar-refractivity contribution in [1.29, 1.82) is 0 Å². The fraction of sp³-hybridized carbons (Fsp3) is 0.0962. The summed E-state index contributed by atoms with van der Waals surface area (Å²) in [7, 11) is 0. The van der Waals surface area contributed by atoms with Crippen LogP contribution in [-0.2, 0) is 10.8 Å². The molecule has 0 saturated heterocycles. The number of hydrogen-bond donors (Lipinski definition) is 0. The lowest BCUT2D eigenvalue weighted by molar-refractivity contribution is 0.542. The van der Waals surface area contributed by atoms with E-state index in [1.54, 1.807) is 0 Å². The molecule has 0 amide bonds. The van der Waals surface area contributed by atoms with E-state index in [1.807, 2.05) is 6.08 Å². The highest BCUT2D eigenvalue weighted by molar-refractivity contribution is 6.14. The first-order chi connectivity index (χ1) is 26.4. The Labute approximate surface area is 316 Å². The number of rotatable bonds is 5. The molecule has 0 saturated carbocycles. The minimum atomic E-state index is -0.520. The Balaban J connectivity index is 1.29. The molecule has 0 radical (unpaired) electrons. The third kappa shape index (κ3) is 4.43. The molecule has 258 valence electrons. The summed E-state index contributed by atoms with van der Waals surface area (Å²) in [5.74, 6) is 0. The summed E-state index contributed by atoms with van der Waals surface area (Å²) in [6.45, 7) is 11.1. The molecule has 2 aromatic heterocycles. The zero-order chi connectivity index (χ0) is 36.6. The Hall–Kier alpha value is -6.51. The standard InChI is InChI=1S/C52H39NO/c1-5-6-25-41-33(2)51(3,4)49-44(52(41)42-26-15-13-22-37(42)38-23-14-16-27-43(38)52)30-29-40-48-39(24-17-28-47(48)54-50(40)49)46-32-36(34-18-9-7-10-19-34)31-45(53-46)35-20-11-8-12-21-35/h5-32H,1H2,2-4H3/b25-6-. The van der Waals surface area contributed by atoms with Crippen LogP contribution >= 0.6 is 0 Å². The van der Waals surface area contributed by atoms with Gasteiger partial charge in [0.15, 0.2) is 0 Å². The predicted octanol–water partition coefficient (Wildman–Crippen LogP) is 13.6. The van der Waals surface area contributed by atoms with Gasteiger partial charge in [-0.1, -0.05) is 178 Å². The van der Waals surface area contributed by atoms with Gasteiger partial charge in [0.25, 0.3) is 0 Å². The van der Waals surface area contributed by atoms with Crippen LogP contribution in [0.3, 0.4) is 0 Å². The first-order valence-corrected chi connectivity index (χ1v) is 18.8. The lowest BCUT2D eigenvalue weighted by Crippen LogP contribution is -2.40. The van der Waals surface area contributed by atoms with Crippen LogP contribution in [0.4, 0.5) is 0 Å². The predicted molar refractivity (Wildman–Crippen MR) is 225 cm³/mol. The van der Waals surface area contributed by atoms with Crippen LogP contribution < -0.4 is 0 Å². The van der Waals surface area contributed by atoms with Crippen molar-refractivity contribution < 1.29 is 4.42 Å². The molecule has 0 fully saturated rings. The molecule has 2 aliphatic rings. The molecule has 2 aliphatic carbocycles.